The Morgan fingerprint density at radius 3 is 2.21 bits per heavy atom. The molecule has 0 radical (unpaired) electrons. The van der Waals surface area contributed by atoms with E-state index in [1.807, 2.05) is 0 Å². The van der Waals surface area contributed by atoms with E-state index in [1.165, 1.54) is 11.1 Å². The van der Waals surface area contributed by atoms with Crippen molar-refractivity contribution in [2.45, 2.75) is 52.1 Å². The Hall–Kier alpha value is -1.26. The first-order valence-electron chi connectivity index (χ1n) is 9.20. The smallest absolute Gasteiger partial charge is 0.211 e. The molecule has 4 heteroatoms. The van der Waals surface area contributed by atoms with Gasteiger partial charge in [0.1, 0.15) is 11.5 Å². The van der Waals surface area contributed by atoms with Crippen molar-refractivity contribution in [3.63, 3.8) is 0 Å². The first kappa shape index (κ1) is 15.0. The van der Waals surface area contributed by atoms with Crippen LogP contribution < -0.4 is 9.47 Å². The van der Waals surface area contributed by atoms with E-state index >= 15 is 0 Å². The van der Waals surface area contributed by atoms with Gasteiger partial charge in [0.25, 0.3) is 0 Å². The quantitative estimate of drug-likeness (QED) is 0.729. The Morgan fingerprint density at radius 2 is 1.50 bits per heavy atom. The highest BCUT2D eigenvalue weighted by Crippen LogP contribution is 2.53. The molecular weight excluding hydrogens is 304 g/mol. The largest absolute Gasteiger partial charge is 0.462 e. The van der Waals surface area contributed by atoms with Crippen LogP contribution in [0, 0.1) is 23.7 Å². The number of hydrogen-bond acceptors (Lipinski definition) is 4. The molecule has 1 aromatic carbocycles. The van der Waals surface area contributed by atoms with Crippen molar-refractivity contribution < 1.29 is 18.9 Å². The highest BCUT2D eigenvalue weighted by atomic mass is 16.7. The summed E-state index contributed by atoms with van der Waals surface area (Å²) >= 11 is 0. The van der Waals surface area contributed by atoms with Gasteiger partial charge in [0.15, 0.2) is 0 Å². The van der Waals surface area contributed by atoms with Gasteiger partial charge in [0.05, 0.1) is 13.2 Å². The zero-order chi connectivity index (χ0) is 16.7. The molecule has 0 bridgehead atoms. The molecule has 0 unspecified atom stereocenters. The van der Waals surface area contributed by atoms with Gasteiger partial charge in [-0.1, -0.05) is 19.9 Å². The fourth-order valence-corrected chi connectivity index (χ4v) is 5.17. The predicted octanol–water partition coefficient (Wildman–Crippen LogP) is 3.55. The molecule has 6 atom stereocenters. The van der Waals surface area contributed by atoms with E-state index in [9.17, 15) is 0 Å². The molecule has 0 saturated carbocycles. The van der Waals surface area contributed by atoms with E-state index in [0.717, 1.165) is 37.6 Å². The van der Waals surface area contributed by atoms with Gasteiger partial charge < -0.3 is 18.9 Å². The van der Waals surface area contributed by atoms with Crippen molar-refractivity contribution in [3.8, 4) is 11.5 Å². The van der Waals surface area contributed by atoms with Crippen molar-refractivity contribution in [1.29, 1.82) is 0 Å². The third kappa shape index (κ3) is 1.87. The van der Waals surface area contributed by atoms with Crippen molar-refractivity contribution >= 4 is 0 Å². The molecule has 0 amide bonds. The van der Waals surface area contributed by atoms with Crippen LogP contribution in [0.25, 0.3) is 0 Å². The first-order chi connectivity index (χ1) is 11.4. The van der Waals surface area contributed by atoms with Gasteiger partial charge in [-0.3, -0.25) is 0 Å². The summed E-state index contributed by atoms with van der Waals surface area (Å²) in [4.78, 5) is 0. The fraction of sp³-hybridized carbons (Fsp3) is 0.700. The van der Waals surface area contributed by atoms with Gasteiger partial charge in [-0.2, -0.15) is 0 Å². The van der Waals surface area contributed by atoms with E-state index < -0.39 is 11.6 Å². The molecule has 130 valence electrons. The molecule has 2 fully saturated rings. The van der Waals surface area contributed by atoms with Gasteiger partial charge in [-0.15, -0.1) is 0 Å². The summed E-state index contributed by atoms with van der Waals surface area (Å²) in [5, 5.41) is 0. The molecule has 24 heavy (non-hydrogen) atoms. The minimum atomic E-state index is -0.500. The molecule has 4 nitrogen and oxygen atoms in total. The van der Waals surface area contributed by atoms with Gasteiger partial charge >= 0.3 is 0 Å². The zero-order valence-electron chi connectivity index (χ0n) is 14.9. The van der Waals surface area contributed by atoms with Crippen LogP contribution in [0.1, 0.15) is 38.8 Å². The molecule has 4 aliphatic heterocycles. The van der Waals surface area contributed by atoms with E-state index in [0.29, 0.717) is 23.7 Å². The Kier molecular flexibility index (Phi) is 2.93. The Bertz CT molecular complexity index is 701. The maximum Gasteiger partial charge on any atom is 0.211 e. The third-order valence-electron chi connectivity index (χ3n) is 6.77. The lowest BCUT2D eigenvalue weighted by Gasteiger charge is -2.42. The van der Waals surface area contributed by atoms with Crippen LogP contribution in [-0.2, 0) is 22.3 Å². The topological polar surface area (TPSA) is 36.9 Å². The van der Waals surface area contributed by atoms with Crippen molar-refractivity contribution in [1.82, 2.24) is 0 Å². The van der Waals surface area contributed by atoms with E-state index in [4.69, 9.17) is 18.9 Å². The highest BCUT2D eigenvalue weighted by Gasteiger charge is 2.53. The molecular formula is C20H26O4. The molecule has 0 N–H and O–H groups in total. The fourth-order valence-electron chi connectivity index (χ4n) is 5.17. The van der Waals surface area contributed by atoms with Crippen LogP contribution in [0.4, 0.5) is 0 Å². The van der Waals surface area contributed by atoms with Crippen LogP contribution >= 0.6 is 0 Å². The summed E-state index contributed by atoms with van der Waals surface area (Å²) in [5.74, 6) is 2.73. The van der Waals surface area contributed by atoms with Crippen LogP contribution in [0.3, 0.4) is 0 Å². The van der Waals surface area contributed by atoms with E-state index in [-0.39, 0.29) is 0 Å². The second-order valence-electron chi connectivity index (χ2n) is 8.46. The molecule has 4 aliphatic rings. The predicted molar refractivity (Wildman–Crippen MR) is 89.1 cm³/mol. The number of ether oxygens (including phenoxy) is 4. The van der Waals surface area contributed by atoms with E-state index in [1.54, 1.807) is 0 Å². The van der Waals surface area contributed by atoms with Crippen LogP contribution in [0.2, 0.25) is 0 Å². The molecule has 1 aromatic rings. The molecule has 0 aliphatic carbocycles. The Balaban J connectivity index is 1.58. The summed E-state index contributed by atoms with van der Waals surface area (Å²) in [7, 11) is 0. The van der Waals surface area contributed by atoms with Gasteiger partial charge in [-0.05, 0) is 36.3 Å². The summed E-state index contributed by atoms with van der Waals surface area (Å²) in [6.45, 7) is 10.2. The monoisotopic (exact) mass is 330 g/mol. The molecule has 5 rings (SSSR count). The zero-order valence-corrected chi connectivity index (χ0v) is 14.9. The van der Waals surface area contributed by atoms with Crippen LogP contribution in [0.5, 0.6) is 11.5 Å². The van der Waals surface area contributed by atoms with E-state index in [2.05, 4.69) is 39.8 Å². The maximum absolute atomic E-state index is 6.49. The highest BCUT2D eigenvalue weighted by molar-refractivity contribution is 5.53. The minimum Gasteiger partial charge on any atom is -0.462 e. The molecule has 2 saturated heterocycles. The summed E-state index contributed by atoms with van der Waals surface area (Å²) in [6.07, 6.45) is 1.97. The Labute approximate surface area is 143 Å². The minimum absolute atomic E-state index is 0.369. The maximum atomic E-state index is 6.49. The SMILES string of the molecule is C[C@H]1CO[C@]2(C)Oc3ccc4c(c3C[C@H]12)O[C@@]1(C)OC[C@H](C)[C@H]1C4. The van der Waals surface area contributed by atoms with Crippen molar-refractivity contribution in [2.75, 3.05) is 13.2 Å². The average molecular weight is 330 g/mol. The number of rotatable bonds is 0. The van der Waals surface area contributed by atoms with Gasteiger partial charge in [0, 0.05) is 31.2 Å². The summed E-state index contributed by atoms with van der Waals surface area (Å²) < 4.78 is 24.8. The number of hydrogen-bond donors (Lipinski definition) is 0. The van der Waals surface area contributed by atoms with Crippen LogP contribution in [0.15, 0.2) is 12.1 Å². The molecule has 0 aromatic heterocycles. The Morgan fingerprint density at radius 1 is 0.875 bits per heavy atom. The summed E-state index contributed by atoms with van der Waals surface area (Å²) in [6, 6.07) is 4.27. The van der Waals surface area contributed by atoms with Crippen molar-refractivity contribution in [2.24, 2.45) is 23.7 Å². The van der Waals surface area contributed by atoms with Gasteiger partial charge in [0.2, 0.25) is 11.6 Å². The van der Waals surface area contributed by atoms with Crippen LogP contribution in [-0.4, -0.2) is 24.8 Å². The first-order valence-corrected chi connectivity index (χ1v) is 9.20. The third-order valence-corrected chi connectivity index (χ3v) is 6.77. The second kappa shape index (κ2) is 4.67. The molecule has 4 heterocycles. The lowest BCUT2D eigenvalue weighted by Crippen LogP contribution is -2.46. The van der Waals surface area contributed by atoms with Crippen molar-refractivity contribution in [3.05, 3.63) is 23.3 Å². The standard InChI is InChI=1S/C20H26O4/c1-11-9-22-20(4)15(11)7-13-5-6-17-14(18(13)24-20)8-16-12(2)10-21-19(16,3)23-17/h5-6,11-12,15-16H,7-10H2,1-4H3/t11-,12-,15+,16+,19+,20+/m0/s1. The average Bonchev–Trinajstić information content (AvgIpc) is 3.00. The lowest BCUT2D eigenvalue weighted by molar-refractivity contribution is -0.174. The summed E-state index contributed by atoms with van der Waals surface area (Å²) in [5.41, 5.74) is 2.50. The molecule has 0 spiro atoms. The number of fused-ring (bicyclic) bond motifs is 5. The second-order valence-corrected chi connectivity index (χ2v) is 8.46. The van der Waals surface area contributed by atoms with Gasteiger partial charge in [-0.25, -0.2) is 0 Å². The lowest BCUT2D eigenvalue weighted by atomic mass is 9.78. The normalized spacial score (nSPS) is 45.5. The number of benzene rings is 1.